The van der Waals surface area contributed by atoms with Crippen LogP contribution in [0.1, 0.15) is 90.4 Å². The van der Waals surface area contributed by atoms with Crippen LogP contribution in [-0.4, -0.2) is 27.5 Å². The van der Waals surface area contributed by atoms with E-state index in [1.54, 1.807) is 0 Å². The van der Waals surface area contributed by atoms with Crippen molar-refractivity contribution in [1.82, 2.24) is 4.57 Å². The van der Waals surface area contributed by atoms with Crippen LogP contribution in [0.15, 0.2) is 18.7 Å². The first-order valence-corrected chi connectivity index (χ1v) is 10.6. The Labute approximate surface area is 171 Å². The lowest BCUT2D eigenvalue weighted by atomic mass is 10.0. The molecule has 0 aromatic carbocycles. The van der Waals surface area contributed by atoms with Crippen molar-refractivity contribution in [2.45, 2.75) is 110 Å². The van der Waals surface area contributed by atoms with E-state index in [0.717, 1.165) is 12.8 Å². The smallest absolute Gasteiger partial charge is 0.243 e. The molecular formula is C21H41BrN2O2. The zero-order valence-corrected chi connectivity index (χ0v) is 18.4. The van der Waals surface area contributed by atoms with Crippen LogP contribution in [0.3, 0.4) is 0 Å². The average Bonchev–Trinajstić information content (AvgIpc) is 3.03. The van der Waals surface area contributed by atoms with Gasteiger partial charge in [-0.05, 0) is 6.42 Å². The van der Waals surface area contributed by atoms with Crippen LogP contribution in [0.4, 0.5) is 0 Å². The van der Waals surface area contributed by atoms with Crippen molar-refractivity contribution in [1.29, 1.82) is 0 Å². The third-order valence-corrected chi connectivity index (χ3v) is 4.92. The van der Waals surface area contributed by atoms with Gasteiger partial charge in [0.2, 0.25) is 6.33 Å². The zero-order valence-electron chi connectivity index (χ0n) is 16.8. The molecule has 1 unspecified atom stereocenters. The summed E-state index contributed by atoms with van der Waals surface area (Å²) in [5.41, 5.74) is 0. The molecule has 1 heterocycles. The van der Waals surface area contributed by atoms with Gasteiger partial charge in [-0.3, -0.25) is 0 Å². The first-order chi connectivity index (χ1) is 12.3. The Morgan fingerprint density at radius 3 is 1.96 bits per heavy atom. The topological polar surface area (TPSA) is 49.3 Å². The molecule has 0 amide bonds. The molecule has 0 saturated carbocycles. The first kappa shape index (κ1) is 25.6. The number of aromatic nitrogens is 2. The maximum Gasteiger partial charge on any atom is 0.243 e. The molecule has 0 fully saturated rings. The maximum atomic E-state index is 10.1. The molecule has 5 heteroatoms. The second kappa shape index (κ2) is 18.0. The van der Waals surface area contributed by atoms with Crippen LogP contribution in [0.2, 0.25) is 0 Å². The normalized spacial score (nSPS) is 12.1. The molecule has 1 aromatic heterocycles. The molecule has 1 aromatic rings. The Morgan fingerprint density at radius 1 is 0.885 bits per heavy atom. The largest absolute Gasteiger partial charge is 1.00 e. The van der Waals surface area contributed by atoms with Crippen molar-refractivity contribution in [2.75, 3.05) is 6.61 Å². The number of imidazole rings is 1. The number of halogens is 1. The second-order valence-electron chi connectivity index (χ2n) is 7.40. The summed E-state index contributed by atoms with van der Waals surface area (Å²) in [7, 11) is 0. The minimum absolute atomic E-state index is 0. The highest BCUT2D eigenvalue weighted by atomic mass is 79.9. The van der Waals surface area contributed by atoms with E-state index in [0.29, 0.717) is 13.1 Å². The SMILES string of the molecule is CCCCCCCCCCCCCCC(O)C[n+]1ccn(CCO)c1.[Br-]. The lowest BCUT2D eigenvalue weighted by Crippen LogP contribution is -3.00. The van der Waals surface area contributed by atoms with Crippen molar-refractivity contribution in [3.05, 3.63) is 18.7 Å². The van der Waals surface area contributed by atoms with Crippen molar-refractivity contribution >= 4 is 0 Å². The number of aliphatic hydroxyl groups is 2. The minimum Gasteiger partial charge on any atom is -1.00 e. The molecule has 0 aliphatic carbocycles. The Bertz CT molecular complexity index is 412. The summed E-state index contributed by atoms with van der Waals surface area (Å²) in [5.74, 6) is 0. The van der Waals surface area contributed by atoms with Crippen molar-refractivity contribution in [3.63, 3.8) is 0 Å². The van der Waals surface area contributed by atoms with Crippen molar-refractivity contribution in [3.8, 4) is 0 Å². The molecule has 2 N–H and O–H groups in total. The average molecular weight is 433 g/mol. The van der Waals surface area contributed by atoms with Gasteiger partial charge in [-0.2, -0.15) is 0 Å². The van der Waals surface area contributed by atoms with Crippen LogP contribution in [0.25, 0.3) is 0 Å². The number of rotatable bonds is 17. The lowest BCUT2D eigenvalue weighted by Gasteiger charge is -2.08. The number of hydrogen-bond acceptors (Lipinski definition) is 2. The summed E-state index contributed by atoms with van der Waals surface area (Å²) in [6, 6.07) is 0. The summed E-state index contributed by atoms with van der Waals surface area (Å²) < 4.78 is 3.94. The number of unbranched alkanes of at least 4 members (excludes halogenated alkanes) is 11. The quantitative estimate of drug-likeness (QED) is 0.287. The molecular weight excluding hydrogens is 392 g/mol. The molecule has 1 rings (SSSR count). The van der Waals surface area contributed by atoms with Gasteiger partial charge in [0.15, 0.2) is 0 Å². The molecule has 0 bridgehead atoms. The monoisotopic (exact) mass is 432 g/mol. The Hall–Kier alpha value is -0.390. The van der Waals surface area contributed by atoms with E-state index < -0.39 is 0 Å². The maximum absolute atomic E-state index is 10.1. The molecule has 0 radical (unpaired) electrons. The number of nitrogens with zero attached hydrogens (tertiary/aromatic N) is 2. The van der Waals surface area contributed by atoms with Gasteiger partial charge in [-0.25, -0.2) is 9.13 Å². The molecule has 0 spiro atoms. The fourth-order valence-electron chi connectivity index (χ4n) is 3.35. The van der Waals surface area contributed by atoms with Crippen LogP contribution < -0.4 is 21.5 Å². The van der Waals surface area contributed by atoms with E-state index in [-0.39, 0.29) is 29.7 Å². The molecule has 1 atom stereocenters. The zero-order chi connectivity index (χ0) is 18.2. The summed E-state index contributed by atoms with van der Waals surface area (Å²) >= 11 is 0. The highest BCUT2D eigenvalue weighted by Crippen LogP contribution is 2.13. The van der Waals surface area contributed by atoms with Crippen LogP contribution in [0.5, 0.6) is 0 Å². The number of hydrogen-bond donors (Lipinski definition) is 2. The van der Waals surface area contributed by atoms with Crippen molar-refractivity contribution in [2.24, 2.45) is 0 Å². The first-order valence-electron chi connectivity index (χ1n) is 10.6. The fraction of sp³-hybridized carbons (Fsp3) is 0.857. The van der Waals surface area contributed by atoms with E-state index in [4.69, 9.17) is 5.11 Å². The molecule has 26 heavy (non-hydrogen) atoms. The summed E-state index contributed by atoms with van der Waals surface area (Å²) in [6.45, 7) is 3.68. The van der Waals surface area contributed by atoms with E-state index in [1.165, 1.54) is 70.6 Å². The van der Waals surface area contributed by atoms with Crippen LogP contribution >= 0.6 is 0 Å². The summed E-state index contributed by atoms with van der Waals surface area (Å²) in [4.78, 5) is 0. The molecule has 0 aliphatic rings. The highest BCUT2D eigenvalue weighted by Gasteiger charge is 2.10. The van der Waals surface area contributed by atoms with Gasteiger partial charge in [0.05, 0.1) is 12.7 Å². The molecule has 0 saturated heterocycles. The lowest BCUT2D eigenvalue weighted by molar-refractivity contribution is -0.703. The third-order valence-electron chi connectivity index (χ3n) is 4.92. The standard InChI is InChI=1S/C21H41N2O2.BrH/c1-2-3-4-5-6-7-8-9-10-11-12-13-14-21(25)19-23-16-15-22(20-23)17-18-24;/h15-16,20-21,24-25H,2-14,17-19H2,1H3;1H/q+1;/p-1. The summed E-state index contributed by atoms with van der Waals surface area (Å²) in [5, 5.41) is 19.0. The Morgan fingerprint density at radius 2 is 1.42 bits per heavy atom. The van der Waals surface area contributed by atoms with Crippen molar-refractivity contribution < 1.29 is 31.8 Å². The minimum atomic E-state index is -0.266. The van der Waals surface area contributed by atoms with Gasteiger partial charge in [0.25, 0.3) is 0 Å². The van der Waals surface area contributed by atoms with Gasteiger partial charge in [0.1, 0.15) is 25.5 Å². The van der Waals surface area contributed by atoms with Gasteiger partial charge in [-0.1, -0.05) is 84.0 Å². The summed E-state index contributed by atoms with van der Waals surface area (Å²) in [6.07, 6.45) is 22.7. The second-order valence-corrected chi connectivity index (χ2v) is 7.40. The predicted molar refractivity (Wildman–Crippen MR) is 103 cm³/mol. The fourth-order valence-corrected chi connectivity index (χ4v) is 3.35. The van der Waals surface area contributed by atoms with E-state index in [2.05, 4.69) is 6.92 Å². The van der Waals surface area contributed by atoms with Gasteiger partial charge < -0.3 is 27.2 Å². The van der Waals surface area contributed by atoms with Gasteiger partial charge in [0, 0.05) is 0 Å². The molecule has 154 valence electrons. The van der Waals surface area contributed by atoms with Crippen LogP contribution in [-0.2, 0) is 13.1 Å². The van der Waals surface area contributed by atoms with Gasteiger partial charge >= 0.3 is 0 Å². The number of aliphatic hydroxyl groups excluding tert-OH is 2. The Balaban J connectivity index is 0.00000625. The predicted octanol–water partition coefficient (Wildman–Crippen LogP) is 1.22. The molecule has 4 nitrogen and oxygen atoms in total. The van der Waals surface area contributed by atoms with E-state index >= 15 is 0 Å². The Kier molecular flexibility index (Phi) is 17.7. The molecule has 0 aliphatic heterocycles. The van der Waals surface area contributed by atoms with Crippen LogP contribution in [0, 0.1) is 0 Å². The third kappa shape index (κ3) is 13.8. The highest BCUT2D eigenvalue weighted by molar-refractivity contribution is 4.66. The van der Waals surface area contributed by atoms with Gasteiger partial charge in [-0.15, -0.1) is 0 Å². The van der Waals surface area contributed by atoms with E-state index in [1.807, 2.05) is 27.9 Å². The van der Waals surface area contributed by atoms with E-state index in [9.17, 15) is 5.11 Å².